The number of carbonyl (C=O) groups is 2. The number of hydrogen-bond acceptors (Lipinski definition) is 2. The van der Waals surface area contributed by atoms with E-state index in [1.165, 1.54) is 25.7 Å². The molecule has 6 aliphatic rings. The number of hydrogen-bond donors (Lipinski definition) is 0. The van der Waals surface area contributed by atoms with Crippen molar-refractivity contribution in [3.8, 4) is 0 Å². The molecule has 2 nitrogen and oxygen atoms in total. The Balaban J connectivity index is 1.50. The van der Waals surface area contributed by atoms with E-state index in [2.05, 4.69) is 6.92 Å². The van der Waals surface area contributed by atoms with Crippen molar-refractivity contribution in [2.75, 3.05) is 0 Å². The SMILES string of the molecule is C[C@]12CC[C@H]3[C@@H](C[C@H]4C[C@@]35CCC(=O)C[C@H]45)[C@@H]1CCC2=O. The minimum atomic E-state index is 0.0154. The van der Waals surface area contributed by atoms with Crippen molar-refractivity contribution in [3.05, 3.63) is 0 Å². The third-order valence-electron chi connectivity index (χ3n) is 8.73. The summed E-state index contributed by atoms with van der Waals surface area (Å²) in [6.45, 7) is 2.27. The highest BCUT2D eigenvalue weighted by Gasteiger charge is 2.68. The molecule has 6 saturated carbocycles. The van der Waals surface area contributed by atoms with Crippen LogP contribution in [0.3, 0.4) is 0 Å². The molecule has 0 aromatic rings. The molecule has 0 N–H and O–H groups in total. The summed E-state index contributed by atoms with van der Waals surface area (Å²) in [7, 11) is 0. The molecule has 114 valence electrons. The second-order valence-corrected chi connectivity index (χ2v) is 9.08. The van der Waals surface area contributed by atoms with Crippen LogP contribution in [0.25, 0.3) is 0 Å². The summed E-state index contributed by atoms with van der Waals surface area (Å²) >= 11 is 0. The van der Waals surface area contributed by atoms with Gasteiger partial charge in [-0.15, -0.1) is 0 Å². The van der Waals surface area contributed by atoms with Crippen LogP contribution in [-0.2, 0) is 9.59 Å². The van der Waals surface area contributed by atoms with Crippen LogP contribution in [0.1, 0.15) is 64.7 Å². The molecular formula is C19H26O2. The first-order valence-corrected chi connectivity index (χ1v) is 9.10. The molecular weight excluding hydrogens is 260 g/mol. The molecule has 0 saturated heterocycles. The second-order valence-electron chi connectivity index (χ2n) is 9.08. The maximum atomic E-state index is 12.4. The number of ketones is 2. The van der Waals surface area contributed by atoms with Crippen LogP contribution in [0.5, 0.6) is 0 Å². The maximum Gasteiger partial charge on any atom is 0.139 e. The van der Waals surface area contributed by atoms with Crippen molar-refractivity contribution in [2.45, 2.75) is 64.7 Å². The molecule has 0 aromatic carbocycles. The fraction of sp³-hybridized carbons (Fsp3) is 0.895. The van der Waals surface area contributed by atoms with Gasteiger partial charge in [0, 0.05) is 24.7 Å². The fourth-order valence-corrected chi connectivity index (χ4v) is 7.78. The molecule has 0 unspecified atom stereocenters. The van der Waals surface area contributed by atoms with E-state index < -0.39 is 0 Å². The zero-order valence-corrected chi connectivity index (χ0v) is 13.1. The first-order valence-electron chi connectivity index (χ1n) is 9.10. The molecule has 1 spiro atoms. The van der Waals surface area contributed by atoms with Crippen molar-refractivity contribution >= 4 is 11.6 Å². The van der Waals surface area contributed by atoms with Gasteiger partial charge < -0.3 is 0 Å². The van der Waals surface area contributed by atoms with Crippen LogP contribution in [0.4, 0.5) is 0 Å². The van der Waals surface area contributed by atoms with E-state index in [1.54, 1.807) is 0 Å². The van der Waals surface area contributed by atoms with Crippen LogP contribution < -0.4 is 0 Å². The Kier molecular flexibility index (Phi) is 2.33. The lowest BCUT2D eigenvalue weighted by Gasteiger charge is -2.70. The molecule has 6 rings (SSSR count). The van der Waals surface area contributed by atoms with Gasteiger partial charge in [0.25, 0.3) is 0 Å². The normalized spacial score (nSPS) is 58.0. The minimum absolute atomic E-state index is 0.0154. The van der Waals surface area contributed by atoms with Crippen LogP contribution >= 0.6 is 0 Å². The van der Waals surface area contributed by atoms with Gasteiger partial charge in [0.05, 0.1) is 0 Å². The van der Waals surface area contributed by atoms with Gasteiger partial charge in [-0.25, -0.2) is 0 Å². The first-order chi connectivity index (χ1) is 10.0. The minimum Gasteiger partial charge on any atom is -0.300 e. The van der Waals surface area contributed by atoms with Crippen molar-refractivity contribution in [1.82, 2.24) is 0 Å². The highest BCUT2D eigenvalue weighted by atomic mass is 16.1. The van der Waals surface area contributed by atoms with Crippen LogP contribution in [0.15, 0.2) is 0 Å². The molecule has 2 bridgehead atoms. The largest absolute Gasteiger partial charge is 0.300 e. The zero-order valence-electron chi connectivity index (χ0n) is 13.1. The lowest BCUT2D eigenvalue weighted by atomic mass is 9.34. The van der Waals surface area contributed by atoms with Gasteiger partial charge in [0.1, 0.15) is 11.6 Å². The first kappa shape index (κ1) is 12.8. The number of fused-ring (bicyclic) bond motifs is 1. The molecule has 0 aliphatic heterocycles. The fourth-order valence-electron chi connectivity index (χ4n) is 7.78. The third kappa shape index (κ3) is 1.36. The summed E-state index contributed by atoms with van der Waals surface area (Å²) in [5.41, 5.74) is 0.538. The van der Waals surface area contributed by atoms with Gasteiger partial charge in [-0.05, 0) is 73.5 Å². The predicted octanol–water partition coefficient (Wildman–Crippen LogP) is 3.78. The van der Waals surface area contributed by atoms with E-state index in [4.69, 9.17) is 0 Å². The Morgan fingerprint density at radius 3 is 2.71 bits per heavy atom. The highest BCUT2D eigenvalue weighted by Crippen LogP contribution is 2.74. The average molecular weight is 286 g/mol. The van der Waals surface area contributed by atoms with Crippen molar-refractivity contribution in [3.63, 3.8) is 0 Å². The summed E-state index contributed by atoms with van der Waals surface area (Å²) in [6.07, 6.45) is 10.0. The molecule has 7 atom stereocenters. The average Bonchev–Trinajstić information content (AvgIpc) is 2.77. The Morgan fingerprint density at radius 2 is 1.86 bits per heavy atom. The molecule has 0 heterocycles. The summed E-state index contributed by atoms with van der Waals surface area (Å²) in [4.78, 5) is 24.2. The van der Waals surface area contributed by atoms with Crippen LogP contribution in [0, 0.1) is 40.4 Å². The predicted molar refractivity (Wildman–Crippen MR) is 79.6 cm³/mol. The highest BCUT2D eigenvalue weighted by molar-refractivity contribution is 5.87. The summed E-state index contributed by atoms with van der Waals surface area (Å²) < 4.78 is 0. The monoisotopic (exact) mass is 286 g/mol. The van der Waals surface area contributed by atoms with Crippen LogP contribution in [-0.4, -0.2) is 11.6 Å². The third-order valence-corrected chi connectivity index (χ3v) is 8.73. The number of carbonyl (C=O) groups excluding carboxylic acids is 2. The zero-order chi connectivity index (χ0) is 14.4. The van der Waals surface area contributed by atoms with E-state index in [1.807, 2.05) is 0 Å². The van der Waals surface area contributed by atoms with Crippen LogP contribution in [0.2, 0.25) is 0 Å². The van der Waals surface area contributed by atoms with Gasteiger partial charge in [-0.2, -0.15) is 0 Å². The topological polar surface area (TPSA) is 34.1 Å². The van der Waals surface area contributed by atoms with E-state index in [9.17, 15) is 9.59 Å². The van der Waals surface area contributed by atoms with E-state index in [0.29, 0.717) is 22.9 Å². The Hall–Kier alpha value is -0.660. The Morgan fingerprint density at radius 1 is 1.00 bits per heavy atom. The van der Waals surface area contributed by atoms with Crippen molar-refractivity contribution in [2.24, 2.45) is 40.4 Å². The Labute approximate surface area is 127 Å². The smallest absolute Gasteiger partial charge is 0.139 e. The summed E-state index contributed by atoms with van der Waals surface area (Å²) in [6, 6.07) is 0. The summed E-state index contributed by atoms with van der Waals surface area (Å²) in [5.74, 6) is 4.92. The lowest BCUT2D eigenvalue weighted by molar-refractivity contribution is -0.217. The number of rotatable bonds is 0. The van der Waals surface area contributed by atoms with Gasteiger partial charge in [0.15, 0.2) is 0 Å². The molecule has 0 amide bonds. The summed E-state index contributed by atoms with van der Waals surface area (Å²) in [5, 5.41) is 0. The molecule has 6 fully saturated rings. The van der Waals surface area contributed by atoms with E-state index in [0.717, 1.165) is 55.8 Å². The van der Waals surface area contributed by atoms with Crippen molar-refractivity contribution < 1.29 is 9.59 Å². The quantitative estimate of drug-likeness (QED) is 0.679. The van der Waals surface area contributed by atoms with Gasteiger partial charge in [-0.3, -0.25) is 9.59 Å². The Bertz CT molecular complexity index is 538. The van der Waals surface area contributed by atoms with Gasteiger partial charge in [-0.1, -0.05) is 6.92 Å². The molecule has 0 aromatic heterocycles. The van der Waals surface area contributed by atoms with Gasteiger partial charge in [0.2, 0.25) is 0 Å². The van der Waals surface area contributed by atoms with E-state index in [-0.39, 0.29) is 5.41 Å². The second kappa shape index (κ2) is 3.81. The van der Waals surface area contributed by atoms with Gasteiger partial charge >= 0.3 is 0 Å². The molecule has 21 heavy (non-hydrogen) atoms. The maximum absolute atomic E-state index is 12.4. The molecule has 2 heteroatoms. The molecule has 6 aliphatic carbocycles. The standard InChI is InChI=1S/C19H26O2/c1-18-6-5-15-13(14(18)2-3-17(18)21)8-11-10-19(15)7-4-12(20)9-16(11)19/h11,13-16H,2-10H2,1H3/t11-,13-,14-,15-,16+,18-,19-/m0/s1. The van der Waals surface area contributed by atoms with Crippen molar-refractivity contribution in [1.29, 1.82) is 0 Å². The lowest BCUT2D eigenvalue weighted by Crippen LogP contribution is -2.64. The molecule has 0 radical (unpaired) electrons. The van der Waals surface area contributed by atoms with E-state index >= 15 is 0 Å². The number of Topliss-reactive ketones (excluding diaryl/α,β-unsaturated/α-hetero) is 2.